The number of rotatable bonds is 4. The lowest BCUT2D eigenvalue weighted by Crippen LogP contribution is -2.41. The van der Waals surface area contributed by atoms with Crippen molar-refractivity contribution < 1.29 is 19.5 Å². The molecule has 2 heterocycles. The van der Waals surface area contributed by atoms with Crippen LogP contribution >= 0.6 is 0 Å². The average Bonchev–Trinajstić information content (AvgIpc) is 3.12. The molecule has 6 heteroatoms. The molecule has 134 valence electrons. The van der Waals surface area contributed by atoms with Crippen molar-refractivity contribution in [3.05, 3.63) is 35.4 Å². The summed E-state index contributed by atoms with van der Waals surface area (Å²) >= 11 is 0. The third-order valence-corrected chi connectivity index (χ3v) is 5.41. The Hall–Kier alpha value is -2.37. The van der Waals surface area contributed by atoms with Crippen molar-refractivity contribution in [2.24, 2.45) is 11.8 Å². The number of carboxylic acid groups (broad SMARTS) is 1. The first-order valence-corrected chi connectivity index (χ1v) is 8.73. The van der Waals surface area contributed by atoms with Crippen LogP contribution in [0.25, 0.3) is 0 Å². The SMILES string of the molecule is Cc1ccc(CN2CC(C(=O)N3CCC(C(=O)O)C3C)CC2=O)cc1. The van der Waals surface area contributed by atoms with Gasteiger partial charge in [0.25, 0.3) is 0 Å². The number of carbonyl (C=O) groups excluding carboxylic acids is 2. The van der Waals surface area contributed by atoms with Crippen LogP contribution in [0.5, 0.6) is 0 Å². The van der Waals surface area contributed by atoms with E-state index < -0.39 is 11.9 Å². The second-order valence-corrected chi connectivity index (χ2v) is 7.17. The molecule has 0 aliphatic carbocycles. The predicted octanol–water partition coefficient (Wildman–Crippen LogP) is 1.67. The Morgan fingerprint density at radius 1 is 1.24 bits per heavy atom. The molecule has 3 atom stereocenters. The van der Waals surface area contributed by atoms with E-state index >= 15 is 0 Å². The summed E-state index contributed by atoms with van der Waals surface area (Å²) in [7, 11) is 0. The van der Waals surface area contributed by atoms with Crippen LogP contribution in [0.1, 0.15) is 30.9 Å². The Labute approximate surface area is 147 Å². The minimum Gasteiger partial charge on any atom is -0.481 e. The van der Waals surface area contributed by atoms with Gasteiger partial charge >= 0.3 is 5.97 Å². The van der Waals surface area contributed by atoms with Crippen LogP contribution in [0.15, 0.2) is 24.3 Å². The highest BCUT2D eigenvalue weighted by Gasteiger charge is 2.43. The van der Waals surface area contributed by atoms with Crippen molar-refractivity contribution in [3.8, 4) is 0 Å². The number of carbonyl (C=O) groups is 3. The average molecular weight is 344 g/mol. The summed E-state index contributed by atoms with van der Waals surface area (Å²) in [4.78, 5) is 39.7. The molecule has 2 amide bonds. The fourth-order valence-corrected chi connectivity index (χ4v) is 3.82. The van der Waals surface area contributed by atoms with Crippen molar-refractivity contribution in [2.75, 3.05) is 13.1 Å². The molecule has 0 spiro atoms. The van der Waals surface area contributed by atoms with Gasteiger partial charge in [-0.15, -0.1) is 0 Å². The van der Waals surface area contributed by atoms with Crippen LogP contribution in [0.3, 0.4) is 0 Å². The van der Waals surface area contributed by atoms with Gasteiger partial charge in [0.05, 0.1) is 11.8 Å². The number of carboxylic acids is 1. The van der Waals surface area contributed by atoms with Crippen molar-refractivity contribution in [1.29, 1.82) is 0 Å². The van der Waals surface area contributed by atoms with Crippen LogP contribution in [0.4, 0.5) is 0 Å². The van der Waals surface area contributed by atoms with E-state index in [4.69, 9.17) is 0 Å². The van der Waals surface area contributed by atoms with E-state index in [-0.39, 0.29) is 30.2 Å². The summed E-state index contributed by atoms with van der Waals surface area (Å²) < 4.78 is 0. The predicted molar refractivity (Wildman–Crippen MR) is 91.6 cm³/mol. The van der Waals surface area contributed by atoms with E-state index in [0.29, 0.717) is 26.1 Å². The second-order valence-electron chi connectivity index (χ2n) is 7.17. The standard InChI is InChI=1S/C19H24N2O4/c1-12-3-5-14(6-4-12)10-20-11-15(9-17(20)22)18(23)21-8-7-16(13(21)2)19(24)25/h3-6,13,15-16H,7-11H2,1-2H3,(H,24,25). The topological polar surface area (TPSA) is 77.9 Å². The highest BCUT2D eigenvalue weighted by molar-refractivity contribution is 5.90. The smallest absolute Gasteiger partial charge is 0.308 e. The summed E-state index contributed by atoms with van der Waals surface area (Å²) in [5.74, 6) is -1.83. The molecule has 0 saturated carbocycles. The summed E-state index contributed by atoms with van der Waals surface area (Å²) in [6.45, 7) is 5.17. The van der Waals surface area contributed by atoms with Gasteiger partial charge in [0, 0.05) is 32.1 Å². The Balaban J connectivity index is 1.63. The molecule has 3 rings (SSSR count). The number of benzene rings is 1. The molecule has 0 radical (unpaired) electrons. The highest BCUT2D eigenvalue weighted by Crippen LogP contribution is 2.29. The molecule has 2 aliphatic rings. The molecule has 2 fully saturated rings. The number of hydrogen-bond donors (Lipinski definition) is 1. The maximum absolute atomic E-state index is 12.8. The first-order valence-electron chi connectivity index (χ1n) is 8.73. The summed E-state index contributed by atoms with van der Waals surface area (Å²) in [6.07, 6.45) is 0.696. The molecular formula is C19H24N2O4. The molecule has 0 aromatic heterocycles. The van der Waals surface area contributed by atoms with E-state index in [9.17, 15) is 19.5 Å². The molecule has 0 bridgehead atoms. The number of aliphatic carboxylic acids is 1. The minimum absolute atomic E-state index is 0.0134. The zero-order valence-electron chi connectivity index (χ0n) is 14.6. The third-order valence-electron chi connectivity index (χ3n) is 5.41. The molecule has 2 aliphatic heterocycles. The highest BCUT2D eigenvalue weighted by atomic mass is 16.4. The lowest BCUT2D eigenvalue weighted by molar-refractivity contribution is -0.143. The largest absolute Gasteiger partial charge is 0.481 e. The van der Waals surface area contributed by atoms with Crippen LogP contribution in [0.2, 0.25) is 0 Å². The maximum Gasteiger partial charge on any atom is 0.308 e. The number of likely N-dealkylation sites (tertiary alicyclic amines) is 2. The fraction of sp³-hybridized carbons (Fsp3) is 0.526. The van der Waals surface area contributed by atoms with Gasteiger partial charge in [-0.05, 0) is 25.8 Å². The van der Waals surface area contributed by atoms with Crippen LogP contribution in [0, 0.1) is 18.8 Å². The first-order chi connectivity index (χ1) is 11.9. The number of amides is 2. The van der Waals surface area contributed by atoms with E-state index in [0.717, 1.165) is 5.56 Å². The summed E-state index contributed by atoms with van der Waals surface area (Å²) in [5.41, 5.74) is 2.22. The van der Waals surface area contributed by atoms with Gasteiger partial charge in [0.15, 0.2) is 0 Å². The van der Waals surface area contributed by atoms with E-state index in [1.165, 1.54) is 5.56 Å². The Bertz CT molecular complexity index is 685. The summed E-state index contributed by atoms with van der Waals surface area (Å²) in [6, 6.07) is 7.70. The first kappa shape index (κ1) is 17.5. The zero-order valence-corrected chi connectivity index (χ0v) is 14.6. The Morgan fingerprint density at radius 3 is 2.52 bits per heavy atom. The van der Waals surface area contributed by atoms with Crippen molar-refractivity contribution >= 4 is 17.8 Å². The fourth-order valence-electron chi connectivity index (χ4n) is 3.82. The number of nitrogens with zero attached hydrogens (tertiary/aromatic N) is 2. The number of hydrogen-bond acceptors (Lipinski definition) is 3. The Morgan fingerprint density at radius 2 is 1.92 bits per heavy atom. The van der Waals surface area contributed by atoms with Crippen LogP contribution in [-0.4, -0.2) is 51.8 Å². The minimum atomic E-state index is -0.855. The quantitative estimate of drug-likeness (QED) is 0.901. The normalized spacial score (nSPS) is 26.3. The molecular weight excluding hydrogens is 320 g/mol. The van der Waals surface area contributed by atoms with Crippen LogP contribution in [-0.2, 0) is 20.9 Å². The van der Waals surface area contributed by atoms with Gasteiger partial charge < -0.3 is 14.9 Å². The van der Waals surface area contributed by atoms with Gasteiger partial charge in [-0.25, -0.2) is 0 Å². The van der Waals surface area contributed by atoms with E-state index in [1.807, 2.05) is 31.2 Å². The van der Waals surface area contributed by atoms with E-state index in [1.54, 1.807) is 16.7 Å². The van der Waals surface area contributed by atoms with Crippen molar-refractivity contribution in [3.63, 3.8) is 0 Å². The molecule has 1 aromatic carbocycles. The lowest BCUT2D eigenvalue weighted by Gasteiger charge is -2.26. The van der Waals surface area contributed by atoms with Crippen molar-refractivity contribution in [2.45, 2.75) is 39.3 Å². The summed E-state index contributed by atoms with van der Waals surface area (Å²) in [5, 5.41) is 9.22. The van der Waals surface area contributed by atoms with Gasteiger partial charge in [-0.3, -0.25) is 14.4 Å². The maximum atomic E-state index is 12.8. The third kappa shape index (κ3) is 3.52. The monoisotopic (exact) mass is 344 g/mol. The molecule has 6 nitrogen and oxygen atoms in total. The van der Waals surface area contributed by atoms with Crippen LogP contribution < -0.4 is 0 Å². The van der Waals surface area contributed by atoms with Gasteiger partial charge in [0.1, 0.15) is 0 Å². The van der Waals surface area contributed by atoms with Crippen molar-refractivity contribution in [1.82, 2.24) is 9.80 Å². The molecule has 2 saturated heterocycles. The van der Waals surface area contributed by atoms with Gasteiger partial charge in [-0.1, -0.05) is 29.8 Å². The molecule has 3 unspecified atom stereocenters. The molecule has 1 aromatic rings. The van der Waals surface area contributed by atoms with E-state index in [2.05, 4.69) is 0 Å². The van der Waals surface area contributed by atoms with Gasteiger partial charge in [0.2, 0.25) is 11.8 Å². The Kier molecular flexibility index (Phi) is 4.79. The molecule has 25 heavy (non-hydrogen) atoms. The molecule has 1 N–H and O–H groups in total. The van der Waals surface area contributed by atoms with Gasteiger partial charge in [-0.2, -0.15) is 0 Å². The number of aryl methyl sites for hydroxylation is 1. The lowest BCUT2D eigenvalue weighted by atomic mass is 10.0. The second kappa shape index (κ2) is 6.86. The zero-order chi connectivity index (χ0) is 18.1.